The molecule has 0 atom stereocenters. The number of ether oxygens (including phenoxy) is 2. The van der Waals surface area contributed by atoms with E-state index >= 15 is 0 Å². The molecular weight excluding hydrogens is 238 g/mol. The highest BCUT2D eigenvalue weighted by atomic mass is 16.6. The molecule has 7 heteroatoms. The van der Waals surface area contributed by atoms with Crippen molar-refractivity contribution in [2.75, 3.05) is 18.6 Å². The van der Waals surface area contributed by atoms with Crippen molar-refractivity contribution in [1.82, 2.24) is 0 Å². The zero-order chi connectivity index (χ0) is 13.0. The number of anilines is 1. The summed E-state index contributed by atoms with van der Waals surface area (Å²) >= 11 is 0. The molecule has 1 aliphatic heterocycles. The van der Waals surface area contributed by atoms with E-state index in [1.165, 1.54) is 12.1 Å². The molecule has 0 spiro atoms. The first-order valence-corrected chi connectivity index (χ1v) is 5.69. The number of hydrogen-bond donors (Lipinski definition) is 2. The van der Waals surface area contributed by atoms with Gasteiger partial charge in [-0.3, -0.25) is 16.0 Å². The van der Waals surface area contributed by atoms with Gasteiger partial charge in [0.2, 0.25) is 0 Å². The van der Waals surface area contributed by atoms with Crippen LogP contribution in [0.4, 0.5) is 11.4 Å². The Morgan fingerprint density at radius 3 is 2.72 bits per heavy atom. The van der Waals surface area contributed by atoms with Gasteiger partial charge in [0.1, 0.15) is 11.9 Å². The fourth-order valence-corrected chi connectivity index (χ4v) is 1.83. The van der Waals surface area contributed by atoms with Crippen LogP contribution in [0.2, 0.25) is 0 Å². The van der Waals surface area contributed by atoms with Gasteiger partial charge in [0.25, 0.3) is 5.69 Å². The van der Waals surface area contributed by atoms with Crippen molar-refractivity contribution in [2.24, 2.45) is 5.84 Å². The van der Waals surface area contributed by atoms with Gasteiger partial charge < -0.3 is 14.9 Å². The van der Waals surface area contributed by atoms with Crippen LogP contribution in [0.5, 0.6) is 5.75 Å². The Hall–Kier alpha value is -1.86. The van der Waals surface area contributed by atoms with Crippen molar-refractivity contribution >= 4 is 11.4 Å². The smallest absolute Gasteiger partial charge is 0.275 e. The van der Waals surface area contributed by atoms with E-state index in [0.717, 1.165) is 12.8 Å². The van der Waals surface area contributed by atoms with Crippen LogP contribution in [-0.4, -0.2) is 24.2 Å². The van der Waals surface area contributed by atoms with Gasteiger partial charge in [0.05, 0.1) is 29.9 Å². The second-order valence-corrected chi connectivity index (χ2v) is 4.05. The van der Waals surface area contributed by atoms with E-state index < -0.39 is 4.92 Å². The zero-order valence-corrected chi connectivity index (χ0v) is 9.80. The highest BCUT2D eigenvalue weighted by molar-refractivity contribution is 5.55. The third-order valence-electron chi connectivity index (χ3n) is 2.74. The van der Waals surface area contributed by atoms with Crippen LogP contribution in [0.15, 0.2) is 18.2 Å². The molecule has 1 aromatic carbocycles. The van der Waals surface area contributed by atoms with Crippen molar-refractivity contribution in [3.05, 3.63) is 28.3 Å². The number of non-ortho nitro benzene ring substituents is 1. The fraction of sp³-hybridized carbons (Fsp3) is 0.455. The normalized spacial score (nSPS) is 16.3. The van der Waals surface area contributed by atoms with Gasteiger partial charge in [-0.25, -0.2) is 0 Å². The number of nitrogen functional groups attached to an aromatic ring is 1. The molecule has 0 aromatic heterocycles. The van der Waals surface area contributed by atoms with Gasteiger partial charge in [-0.05, 0) is 0 Å². The monoisotopic (exact) mass is 253 g/mol. The van der Waals surface area contributed by atoms with E-state index in [9.17, 15) is 10.1 Å². The van der Waals surface area contributed by atoms with Gasteiger partial charge in [0, 0.05) is 25.0 Å². The van der Waals surface area contributed by atoms with E-state index in [-0.39, 0.29) is 11.8 Å². The molecule has 3 N–H and O–H groups in total. The topological polar surface area (TPSA) is 99.7 Å². The molecule has 2 rings (SSSR count). The molecule has 0 unspecified atom stereocenters. The number of nitrogens with zero attached hydrogens (tertiary/aromatic N) is 1. The third-order valence-corrected chi connectivity index (χ3v) is 2.74. The number of nitro benzene ring substituents is 1. The molecule has 0 amide bonds. The van der Waals surface area contributed by atoms with Crippen molar-refractivity contribution in [3.8, 4) is 5.75 Å². The lowest BCUT2D eigenvalue weighted by Gasteiger charge is -2.23. The molecule has 1 saturated heterocycles. The van der Waals surface area contributed by atoms with E-state index in [1.54, 1.807) is 6.07 Å². The van der Waals surface area contributed by atoms with Crippen LogP contribution in [0.3, 0.4) is 0 Å². The summed E-state index contributed by atoms with van der Waals surface area (Å²) in [5.74, 6) is 5.72. The number of nitro groups is 1. The zero-order valence-electron chi connectivity index (χ0n) is 9.80. The maximum Gasteiger partial charge on any atom is 0.275 e. The summed E-state index contributed by atoms with van der Waals surface area (Å²) in [7, 11) is 0. The van der Waals surface area contributed by atoms with E-state index in [2.05, 4.69) is 5.43 Å². The van der Waals surface area contributed by atoms with E-state index in [4.69, 9.17) is 15.3 Å². The molecule has 98 valence electrons. The highest BCUT2D eigenvalue weighted by Gasteiger charge is 2.17. The van der Waals surface area contributed by atoms with Crippen molar-refractivity contribution in [2.45, 2.75) is 18.9 Å². The average Bonchev–Trinajstić information content (AvgIpc) is 2.39. The van der Waals surface area contributed by atoms with Gasteiger partial charge in [0.15, 0.2) is 0 Å². The van der Waals surface area contributed by atoms with Crippen molar-refractivity contribution in [1.29, 1.82) is 0 Å². The van der Waals surface area contributed by atoms with Crippen molar-refractivity contribution in [3.63, 3.8) is 0 Å². The maximum atomic E-state index is 10.8. The lowest BCUT2D eigenvalue weighted by atomic mass is 10.1. The lowest BCUT2D eigenvalue weighted by molar-refractivity contribution is -0.384. The molecule has 0 radical (unpaired) electrons. The van der Waals surface area contributed by atoms with Crippen LogP contribution >= 0.6 is 0 Å². The molecule has 1 aromatic rings. The Labute approximate surface area is 104 Å². The number of hydrazine groups is 1. The highest BCUT2D eigenvalue weighted by Crippen LogP contribution is 2.27. The molecule has 1 aliphatic rings. The maximum absolute atomic E-state index is 10.8. The van der Waals surface area contributed by atoms with Crippen LogP contribution in [0.25, 0.3) is 0 Å². The van der Waals surface area contributed by atoms with Gasteiger partial charge in [-0.1, -0.05) is 0 Å². The first kappa shape index (κ1) is 12.6. The lowest BCUT2D eigenvalue weighted by Crippen LogP contribution is -2.25. The fourth-order valence-electron chi connectivity index (χ4n) is 1.83. The van der Waals surface area contributed by atoms with Crippen LogP contribution in [0, 0.1) is 10.1 Å². The minimum absolute atomic E-state index is 0.0337. The predicted molar refractivity (Wildman–Crippen MR) is 65.4 cm³/mol. The minimum Gasteiger partial charge on any atom is -0.490 e. The molecule has 1 fully saturated rings. The summed E-state index contributed by atoms with van der Waals surface area (Å²) in [5, 5.41) is 10.8. The van der Waals surface area contributed by atoms with Crippen molar-refractivity contribution < 1.29 is 14.4 Å². The molecule has 0 bridgehead atoms. The summed E-state index contributed by atoms with van der Waals surface area (Å²) in [4.78, 5) is 10.3. The second-order valence-electron chi connectivity index (χ2n) is 4.05. The molecule has 18 heavy (non-hydrogen) atoms. The number of nitrogens with two attached hydrogens (primary N) is 1. The summed E-state index contributed by atoms with van der Waals surface area (Å²) in [5.41, 5.74) is 2.79. The first-order chi connectivity index (χ1) is 8.69. The van der Waals surface area contributed by atoms with Gasteiger partial charge in [-0.2, -0.15) is 0 Å². The number of hydrogen-bond acceptors (Lipinski definition) is 6. The van der Waals surface area contributed by atoms with E-state index in [0.29, 0.717) is 24.7 Å². The number of nitrogens with one attached hydrogen (secondary N) is 1. The minimum atomic E-state index is -0.475. The Bertz CT molecular complexity index is 432. The Balaban J connectivity index is 2.15. The Kier molecular flexibility index (Phi) is 3.96. The molecular formula is C11H15N3O4. The van der Waals surface area contributed by atoms with Gasteiger partial charge >= 0.3 is 0 Å². The SMILES string of the molecule is NNc1cc(OC2CCOCC2)cc([N+](=O)[O-])c1. The molecule has 0 saturated carbocycles. The summed E-state index contributed by atoms with van der Waals surface area (Å²) in [6.45, 7) is 1.31. The quantitative estimate of drug-likeness (QED) is 0.478. The summed E-state index contributed by atoms with van der Waals surface area (Å²) in [6, 6.07) is 4.40. The molecule has 0 aliphatic carbocycles. The standard InChI is InChI=1S/C11H15N3O4/c12-13-8-5-9(14(15)16)7-11(6-8)18-10-1-3-17-4-2-10/h5-7,10,13H,1-4,12H2. The Morgan fingerprint density at radius 2 is 2.11 bits per heavy atom. The van der Waals surface area contributed by atoms with Gasteiger partial charge in [-0.15, -0.1) is 0 Å². The summed E-state index contributed by atoms with van der Waals surface area (Å²) < 4.78 is 10.9. The predicted octanol–water partition coefficient (Wildman–Crippen LogP) is 1.44. The van der Waals surface area contributed by atoms with E-state index in [1.807, 2.05) is 0 Å². The van der Waals surface area contributed by atoms with Crippen LogP contribution in [0.1, 0.15) is 12.8 Å². The number of benzene rings is 1. The second kappa shape index (κ2) is 5.65. The van der Waals surface area contributed by atoms with Crippen LogP contribution < -0.4 is 16.0 Å². The Morgan fingerprint density at radius 1 is 1.39 bits per heavy atom. The molecule has 7 nitrogen and oxygen atoms in total. The first-order valence-electron chi connectivity index (χ1n) is 5.69. The largest absolute Gasteiger partial charge is 0.490 e. The molecule has 1 heterocycles. The number of rotatable bonds is 4. The van der Waals surface area contributed by atoms with Crippen LogP contribution in [-0.2, 0) is 4.74 Å². The summed E-state index contributed by atoms with van der Waals surface area (Å²) in [6.07, 6.45) is 1.61. The third kappa shape index (κ3) is 3.08. The average molecular weight is 253 g/mol.